The Balaban J connectivity index is 1.42. The predicted molar refractivity (Wildman–Crippen MR) is 138 cm³/mol. The fourth-order valence-electron chi connectivity index (χ4n) is 4.81. The van der Waals surface area contributed by atoms with Gasteiger partial charge < -0.3 is 14.4 Å². The van der Waals surface area contributed by atoms with Gasteiger partial charge in [0.1, 0.15) is 11.5 Å². The SMILES string of the molecule is CN1CCC(O)(c2cccc(-c3ccc(-c4cn(S(=O)(=O)c5ccccc5)c5ncccc45)o3)c2)C1=O. The van der Waals surface area contributed by atoms with E-state index in [1.807, 2.05) is 6.07 Å². The first-order valence-electron chi connectivity index (χ1n) is 11.7. The van der Waals surface area contributed by atoms with Crippen molar-refractivity contribution in [2.24, 2.45) is 0 Å². The maximum atomic E-state index is 13.4. The van der Waals surface area contributed by atoms with Gasteiger partial charge in [0.25, 0.3) is 15.9 Å². The Kier molecular flexibility index (Phi) is 5.29. The number of aromatic nitrogens is 2. The summed E-state index contributed by atoms with van der Waals surface area (Å²) in [5.41, 5.74) is 0.513. The quantitative estimate of drug-likeness (QED) is 0.377. The minimum absolute atomic E-state index is 0.158. The Labute approximate surface area is 213 Å². The van der Waals surface area contributed by atoms with E-state index in [4.69, 9.17) is 4.42 Å². The zero-order valence-electron chi connectivity index (χ0n) is 19.9. The number of rotatable bonds is 5. The van der Waals surface area contributed by atoms with Crippen molar-refractivity contribution < 1.29 is 22.7 Å². The molecule has 5 aromatic rings. The third-order valence-electron chi connectivity index (χ3n) is 6.84. The number of likely N-dealkylation sites (tertiary alicyclic amines) is 1. The van der Waals surface area contributed by atoms with Crippen LogP contribution < -0.4 is 0 Å². The monoisotopic (exact) mass is 513 g/mol. The maximum Gasteiger partial charge on any atom is 0.269 e. The molecule has 0 radical (unpaired) electrons. The number of furan rings is 1. The molecule has 186 valence electrons. The molecule has 1 saturated heterocycles. The number of benzene rings is 2. The molecule has 1 fully saturated rings. The summed E-state index contributed by atoms with van der Waals surface area (Å²) in [6, 6.07) is 22.4. The van der Waals surface area contributed by atoms with E-state index in [-0.39, 0.29) is 10.8 Å². The van der Waals surface area contributed by atoms with Gasteiger partial charge in [0, 0.05) is 48.9 Å². The first kappa shape index (κ1) is 23.2. The molecule has 9 heteroatoms. The lowest BCUT2D eigenvalue weighted by Crippen LogP contribution is -2.36. The zero-order valence-corrected chi connectivity index (χ0v) is 20.7. The second-order valence-corrected chi connectivity index (χ2v) is 10.9. The third kappa shape index (κ3) is 3.66. The number of hydrogen-bond acceptors (Lipinski definition) is 6. The average Bonchev–Trinajstić information content (AvgIpc) is 3.63. The van der Waals surface area contributed by atoms with Crippen molar-refractivity contribution in [1.82, 2.24) is 13.9 Å². The lowest BCUT2D eigenvalue weighted by Gasteiger charge is -2.21. The van der Waals surface area contributed by atoms with Gasteiger partial charge in [0.15, 0.2) is 11.2 Å². The molecule has 1 aliphatic rings. The number of carbonyl (C=O) groups is 1. The molecule has 1 aliphatic heterocycles. The first-order valence-corrected chi connectivity index (χ1v) is 13.2. The zero-order chi connectivity index (χ0) is 25.8. The van der Waals surface area contributed by atoms with Crippen LogP contribution in [0.1, 0.15) is 12.0 Å². The highest BCUT2D eigenvalue weighted by atomic mass is 32.2. The van der Waals surface area contributed by atoms with Gasteiger partial charge in [0.2, 0.25) is 0 Å². The van der Waals surface area contributed by atoms with E-state index in [9.17, 15) is 18.3 Å². The molecule has 0 saturated carbocycles. The Morgan fingerprint density at radius 3 is 2.51 bits per heavy atom. The van der Waals surface area contributed by atoms with Crippen LogP contribution in [-0.4, -0.2) is 46.9 Å². The van der Waals surface area contributed by atoms with Gasteiger partial charge >= 0.3 is 0 Å². The Morgan fingerprint density at radius 1 is 0.973 bits per heavy atom. The molecule has 1 atom stereocenters. The maximum absolute atomic E-state index is 13.4. The number of pyridine rings is 1. The number of amides is 1. The highest BCUT2D eigenvalue weighted by molar-refractivity contribution is 7.90. The van der Waals surface area contributed by atoms with Crippen LogP contribution in [0.25, 0.3) is 33.7 Å². The minimum atomic E-state index is -3.88. The van der Waals surface area contributed by atoms with Crippen molar-refractivity contribution in [2.45, 2.75) is 16.9 Å². The number of nitrogens with zero attached hydrogens (tertiary/aromatic N) is 3. The molecule has 0 aliphatic carbocycles. The number of likely N-dealkylation sites (N-methyl/N-ethyl adjacent to an activating group) is 1. The van der Waals surface area contributed by atoms with E-state index in [0.29, 0.717) is 52.2 Å². The minimum Gasteiger partial charge on any atom is -0.456 e. The van der Waals surface area contributed by atoms with Gasteiger partial charge in [-0.3, -0.25) is 4.79 Å². The molecule has 2 aromatic carbocycles. The number of fused-ring (bicyclic) bond motifs is 1. The lowest BCUT2D eigenvalue weighted by atomic mass is 9.91. The van der Waals surface area contributed by atoms with Crippen LogP contribution in [0, 0.1) is 0 Å². The van der Waals surface area contributed by atoms with Gasteiger partial charge in [0.05, 0.1) is 4.90 Å². The average molecular weight is 514 g/mol. The van der Waals surface area contributed by atoms with Crippen LogP contribution in [-0.2, 0) is 20.4 Å². The molecule has 1 N–H and O–H groups in total. The van der Waals surface area contributed by atoms with E-state index in [2.05, 4.69) is 4.98 Å². The summed E-state index contributed by atoms with van der Waals surface area (Å²) in [4.78, 5) is 18.6. The molecule has 0 spiro atoms. The molecule has 4 heterocycles. The van der Waals surface area contributed by atoms with Crippen LogP contribution >= 0.6 is 0 Å². The third-order valence-corrected chi connectivity index (χ3v) is 8.50. The molecule has 6 rings (SSSR count). The summed E-state index contributed by atoms with van der Waals surface area (Å²) in [7, 11) is -2.21. The fourth-order valence-corrected chi connectivity index (χ4v) is 6.15. The Bertz CT molecular complexity index is 1760. The fraction of sp³-hybridized carbons (Fsp3) is 0.143. The molecular weight excluding hydrogens is 490 g/mol. The molecule has 0 bridgehead atoms. The number of hydrogen-bond donors (Lipinski definition) is 1. The second-order valence-electron chi connectivity index (χ2n) is 9.11. The summed E-state index contributed by atoms with van der Waals surface area (Å²) < 4.78 is 34.2. The van der Waals surface area contributed by atoms with E-state index < -0.39 is 15.6 Å². The van der Waals surface area contributed by atoms with Gasteiger partial charge in [-0.2, -0.15) is 0 Å². The summed E-state index contributed by atoms with van der Waals surface area (Å²) >= 11 is 0. The number of carbonyl (C=O) groups excluding carboxylic acids is 1. The van der Waals surface area contributed by atoms with Crippen LogP contribution in [0.3, 0.4) is 0 Å². The van der Waals surface area contributed by atoms with Crippen LogP contribution in [0.2, 0.25) is 0 Å². The summed E-state index contributed by atoms with van der Waals surface area (Å²) in [5, 5.41) is 11.7. The van der Waals surface area contributed by atoms with Crippen molar-refractivity contribution in [3.8, 4) is 22.6 Å². The molecule has 37 heavy (non-hydrogen) atoms. The second kappa shape index (κ2) is 8.43. The smallest absolute Gasteiger partial charge is 0.269 e. The summed E-state index contributed by atoms with van der Waals surface area (Å²) in [6.45, 7) is 0.481. The highest BCUT2D eigenvalue weighted by Gasteiger charge is 2.45. The van der Waals surface area contributed by atoms with Gasteiger partial charge in [-0.15, -0.1) is 0 Å². The van der Waals surface area contributed by atoms with Crippen molar-refractivity contribution in [3.05, 3.63) is 96.8 Å². The largest absolute Gasteiger partial charge is 0.456 e. The highest BCUT2D eigenvalue weighted by Crippen LogP contribution is 2.38. The topological polar surface area (TPSA) is 106 Å². The number of aliphatic hydroxyl groups is 1. The molecule has 1 unspecified atom stereocenters. The molecule has 3 aromatic heterocycles. The van der Waals surface area contributed by atoms with Crippen LogP contribution in [0.4, 0.5) is 0 Å². The first-order chi connectivity index (χ1) is 17.8. The molecule has 8 nitrogen and oxygen atoms in total. The van der Waals surface area contributed by atoms with Crippen molar-refractivity contribution in [1.29, 1.82) is 0 Å². The van der Waals surface area contributed by atoms with Crippen LogP contribution in [0.5, 0.6) is 0 Å². The van der Waals surface area contributed by atoms with Crippen molar-refractivity contribution in [2.75, 3.05) is 13.6 Å². The molecule has 1 amide bonds. The summed E-state index contributed by atoms with van der Waals surface area (Å²) in [6.07, 6.45) is 3.39. The normalized spacial score (nSPS) is 18.1. The standard InChI is InChI=1S/C28H23N3O5S/c1-30-16-14-28(33,27(30)32)20-8-5-7-19(17-20)24-12-13-25(36-24)23-18-31(26-22(23)11-6-15-29-26)37(34,35)21-9-3-2-4-10-21/h2-13,15,17-18,33H,14,16H2,1H3. The Morgan fingerprint density at radius 2 is 1.76 bits per heavy atom. The van der Waals surface area contributed by atoms with Crippen LogP contribution in [0.15, 0.2) is 101 Å². The van der Waals surface area contributed by atoms with Crippen molar-refractivity contribution in [3.63, 3.8) is 0 Å². The van der Waals surface area contributed by atoms with Gasteiger partial charge in [-0.25, -0.2) is 17.4 Å². The van der Waals surface area contributed by atoms with Crippen molar-refractivity contribution >= 4 is 27.0 Å². The van der Waals surface area contributed by atoms with Gasteiger partial charge in [-0.05, 0) is 48.0 Å². The lowest BCUT2D eigenvalue weighted by molar-refractivity contribution is -0.143. The summed E-state index contributed by atoms with van der Waals surface area (Å²) in [5.74, 6) is 0.662. The predicted octanol–water partition coefficient (Wildman–Crippen LogP) is 4.25. The Hall–Kier alpha value is -4.21. The van der Waals surface area contributed by atoms with E-state index in [1.165, 1.54) is 15.1 Å². The van der Waals surface area contributed by atoms with E-state index >= 15 is 0 Å². The van der Waals surface area contributed by atoms with E-state index in [1.54, 1.807) is 86.0 Å². The van der Waals surface area contributed by atoms with Gasteiger partial charge in [-0.1, -0.05) is 36.4 Å². The van der Waals surface area contributed by atoms with E-state index in [0.717, 1.165) is 0 Å². The molecular formula is C28H23N3O5S.